The molecule has 0 bridgehead atoms. The van der Waals surface area contributed by atoms with E-state index in [-0.39, 0.29) is 41.2 Å². The van der Waals surface area contributed by atoms with Crippen molar-refractivity contribution < 1.29 is 51.7 Å². The molecular formula is C43H48ClF4N7O7. The van der Waals surface area contributed by atoms with Gasteiger partial charge < -0.3 is 38.5 Å². The second kappa shape index (κ2) is 23.5. The minimum atomic E-state index is -4.54. The molecular weight excluding hydrogens is 838 g/mol. The first-order valence-electron chi connectivity index (χ1n) is 18.5. The maximum absolute atomic E-state index is 14.3. The molecule has 4 unspecified atom stereocenters. The summed E-state index contributed by atoms with van der Waals surface area (Å²) in [6.45, 7) is 3.98. The summed E-state index contributed by atoms with van der Waals surface area (Å²) in [6, 6.07) is 22.1. The lowest BCUT2D eigenvalue weighted by molar-refractivity contribution is -0.139. The summed E-state index contributed by atoms with van der Waals surface area (Å²) in [5.74, 6) is -5.67. The van der Waals surface area contributed by atoms with E-state index in [0.717, 1.165) is 46.5 Å². The molecule has 3 amide bonds. The van der Waals surface area contributed by atoms with Crippen LogP contribution in [-0.4, -0.2) is 73.7 Å². The Balaban J connectivity index is 0.000000376. The van der Waals surface area contributed by atoms with Gasteiger partial charge in [0.2, 0.25) is 11.7 Å². The fraction of sp³-hybridized carbons (Fsp3) is 0.256. The largest absolute Gasteiger partial charge is 0.480 e. The zero-order valence-corrected chi connectivity index (χ0v) is 34.6. The van der Waals surface area contributed by atoms with Gasteiger partial charge >= 0.3 is 12.1 Å². The maximum Gasteiger partial charge on any atom is 0.416 e. The van der Waals surface area contributed by atoms with E-state index in [1.165, 1.54) is 36.1 Å². The molecule has 4 atom stereocenters. The number of hydrogen-bond donors (Lipinski definition) is 7. The topological polar surface area (TPSA) is 260 Å². The SMILES string of the molecule is Cc1ccc(CC(N)C(=O)O)cc1.Cc1ccc(CC(N)C(O)C(N)=O)cc1.Cl.Cn1cc(C(=O)NC(Cc2ccc(C(F)(F)F)cc2)C(=O)C(N)=O)c(-c2ccccc2F)n1. The molecule has 5 rings (SSSR count). The smallest absolute Gasteiger partial charge is 0.416 e. The molecule has 0 aliphatic heterocycles. The van der Waals surface area contributed by atoms with Crippen LogP contribution in [0, 0.1) is 19.7 Å². The van der Waals surface area contributed by atoms with Gasteiger partial charge in [0.15, 0.2) is 0 Å². The van der Waals surface area contributed by atoms with Gasteiger partial charge in [-0.05, 0) is 67.6 Å². The number of carboxylic acid groups (broad SMARTS) is 1. The molecule has 0 saturated carbocycles. The van der Waals surface area contributed by atoms with Crippen LogP contribution in [0.1, 0.15) is 43.7 Å². The highest BCUT2D eigenvalue weighted by Gasteiger charge is 2.31. The number of Topliss-reactive ketones (excluding diaryl/α,β-unsaturated/α-hetero) is 1. The number of aliphatic hydroxyl groups excluding tert-OH is 1. The van der Waals surface area contributed by atoms with Crippen LogP contribution in [0.4, 0.5) is 17.6 Å². The molecule has 14 nitrogen and oxygen atoms in total. The number of primary amides is 2. The first-order valence-corrected chi connectivity index (χ1v) is 18.5. The highest BCUT2D eigenvalue weighted by molar-refractivity contribution is 6.38. The molecule has 0 aliphatic rings. The van der Waals surface area contributed by atoms with Crippen LogP contribution in [0.5, 0.6) is 0 Å². The Morgan fingerprint density at radius 2 is 1.26 bits per heavy atom. The number of carboxylic acids is 1. The van der Waals surface area contributed by atoms with Gasteiger partial charge in [-0.1, -0.05) is 83.9 Å². The van der Waals surface area contributed by atoms with Crippen LogP contribution in [0.15, 0.2) is 103 Å². The van der Waals surface area contributed by atoms with Crippen molar-refractivity contribution in [3.8, 4) is 11.3 Å². The summed E-state index contributed by atoms with van der Waals surface area (Å²) in [4.78, 5) is 57.8. The van der Waals surface area contributed by atoms with Crippen molar-refractivity contribution in [3.63, 3.8) is 0 Å². The van der Waals surface area contributed by atoms with Crippen molar-refractivity contribution in [2.75, 3.05) is 0 Å². The second-order valence-corrected chi connectivity index (χ2v) is 14.0. The number of aryl methyl sites for hydroxylation is 3. The first-order chi connectivity index (χ1) is 28.6. The predicted octanol–water partition coefficient (Wildman–Crippen LogP) is 3.72. The van der Waals surface area contributed by atoms with Crippen molar-refractivity contribution in [2.45, 2.75) is 63.5 Å². The van der Waals surface area contributed by atoms with Crippen LogP contribution in [0.2, 0.25) is 0 Å². The number of halogens is 5. The summed E-state index contributed by atoms with van der Waals surface area (Å²) in [7, 11) is 1.51. The van der Waals surface area contributed by atoms with E-state index in [1.54, 1.807) is 6.07 Å². The fourth-order valence-corrected chi connectivity index (χ4v) is 5.57. The number of hydrogen-bond acceptors (Lipinski definition) is 9. The van der Waals surface area contributed by atoms with E-state index in [2.05, 4.69) is 10.4 Å². The van der Waals surface area contributed by atoms with Gasteiger partial charge in [-0.15, -0.1) is 12.4 Å². The van der Waals surface area contributed by atoms with Crippen LogP contribution in [0.3, 0.4) is 0 Å². The van der Waals surface area contributed by atoms with Crippen LogP contribution in [-0.2, 0) is 51.7 Å². The molecule has 62 heavy (non-hydrogen) atoms. The molecule has 0 spiro atoms. The summed E-state index contributed by atoms with van der Waals surface area (Å²) in [5.41, 5.74) is 24.6. The van der Waals surface area contributed by atoms with Gasteiger partial charge in [0.05, 0.1) is 11.1 Å². The third-order valence-electron chi connectivity index (χ3n) is 8.97. The van der Waals surface area contributed by atoms with Crippen molar-refractivity contribution in [3.05, 3.63) is 148 Å². The third-order valence-corrected chi connectivity index (χ3v) is 8.97. The lowest BCUT2D eigenvalue weighted by Crippen LogP contribution is -2.47. The van der Waals surface area contributed by atoms with E-state index in [4.69, 9.17) is 28.0 Å². The number of ketones is 1. The summed E-state index contributed by atoms with van der Waals surface area (Å²) in [5, 5.41) is 24.3. The average Bonchev–Trinajstić information content (AvgIpc) is 3.60. The summed E-state index contributed by atoms with van der Waals surface area (Å²) in [6.07, 6.45) is -3.99. The number of nitrogens with one attached hydrogen (secondary N) is 1. The van der Waals surface area contributed by atoms with Crippen LogP contribution in [0.25, 0.3) is 11.3 Å². The maximum atomic E-state index is 14.3. The Hall–Kier alpha value is -6.47. The number of rotatable bonds is 14. The van der Waals surface area contributed by atoms with Crippen molar-refractivity contribution >= 4 is 41.9 Å². The highest BCUT2D eigenvalue weighted by atomic mass is 35.5. The van der Waals surface area contributed by atoms with E-state index in [0.29, 0.717) is 12.8 Å². The van der Waals surface area contributed by atoms with Gasteiger partial charge in [0, 0.05) is 31.3 Å². The fourth-order valence-electron chi connectivity index (χ4n) is 5.57. The Morgan fingerprint density at radius 3 is 1.73 bits per heavy atom. The van der Waals surface area contributed by atoms with Crippen LogP contribution >= 0.6 is 12.4 Å². The number of benzene rings is 4. The van der Waals surface area contributed by atoms with Gasteiger partial charge in [0.1, 0.15) is 29.7 Å². The number of aliphatic hydroxyl groups is 1. The monoisotopic (exact) mass is 885 g/mol. The van der Waals surface area contributed by atoms with E-state index in [9.17, 15) is 46.6 Å². The lowest BCUT2D eigenvalue weighted by Gasteiger charge is -2.17. The molecule has 19 heteroatoms. The van der Waals surface area contributed by atoms with Crippen LogP contribution < -0.4 is 28.3 Å². The van der Waals surface area contributed by atoms with Gasteiger partial charge in [0.25, 0.3) is 11.8 Å². The molecule has 1 aromatic heterocycles. The molecule has 5 aromatic rings. The first kappa shape index (κ1) is 51.7. The number of alkyl halides is 3. The predicted molar refractivity (Wildman–Crippen MR) is 225 cm³/mol. The normalized spacial score (nSPS) is 12.7. The van der Waals surface area contributed by atoms with Crippen molar-refractivity contribution in [1.29, 1.82) is 0 Å². The van der Waals surface area contributed by atoms with E-state index in [1.807, 2.05) is 62.4 Å². The standard InChI is InChI=1S/C22H18F4N4O3.C11H16N2O2.C10H13NO2.ClH/c1-30-11-15(18(29-30)14-4-2-3-5-16(14)23)21(33)28-17(19(31)20(27)32)10-12-6-8-13(9-7-12)22(24,25)26;1-7-2-4-8(5-3-7)6-9(12)10(14)11(13)15;1-7-2-4-8(5-3-7)6-9(11)10(12)13;/h2-9,11,17H,10H2,1H3,(H2,27,32)(H,28,33);2-5,9-10,14H,6,12H2,1H3,(H2,13,15);2-5,9H,6,11H2,1H3,(H,12,13);1H. The van der Waals surface area contributed by atoms with Crippen molar-refractivity contribution in [2.24, 2.45) is 30.0 Å². The molecule has 11 N–H and O–H groups in total. The van der Waals surface area contributed by atoms with E-state index >= 15 is 0 Å². The number of nitrogens with two attached hydrogens (primary N) is 4. The third kappa shape index (κ3) is 15.9. The summed E-state index contributed by atoms with van der Waals surface area (Å²) >= 11 is 0. The minimum absolute atomic E-state index is 0. The quantitative estimate of drug-likeness (QED) is 0.0628. The lowest BCUT2D eigenvalue weighted by atomic mass is 10.00. The Bertz CT molecular complexity index is 2290. The number of aromatic nitrogens is 2. The Kier molecular flexibility index (Phi) is 19.6. The Labute approximate surface area is 360 Å². The van der Waals surface area contributed by atoms with Gasteiger partial charge in [-0.25, -0.2) is 4.39 Å². The number of nitrogens with zero attached hydrogens (tertiary/aromatic N) is 2. The number of aliphatic carboxylic acids is 1. The second-order valence-electron chi connectivity index (χ2n) is 14.0. The minimum Gasteiger partial charge on any atom is -0.480 e. The van der Waals surface area contributed by atoms with E-state index < -0.39 is 71.3 Å². The molecule has 0 aliphatic carbocycles. The zero-order valence-electron chi connectivity index (χ0n) is 33.8. The average molecular weight is 886 g/mol. The highest BCUT2D eigenvalue weighted by Crippen LogP contribution is 2.29. The van der Waals surface area contributed by atoms with Gasteiger partial charge in [-0.2, -0.15) is 18.3 Å². The molecule has 332 valence electrons. The Morgan fingerprint density at radius 1 is 0.774 bits per heavy atom. The number of carbonyl (C=O) groups excluding carboxylic acids is 4. The molecule has 0 radical (unpaired) electrons. The number of amides is 3. The summed E-state index contributed by atoms with van der Waals surface area (Å²) < 4.78 is 53.9. The van der Waals surface area contributed by atoms with Crippen molar-refractivity contribution in [1.82, 2.24) is 15.1 Å². The van der Waals surface area contributed by atoms with Gasteiger partial charge in [-0.3, -0.25) is 28.7 Å². The zero-order chi connectivity index (χ0) is 45.6. The molecule has 0 fully saturated rings. The number of carbonyl (C=O) groups is 5. The molecule has 4 aromatic carbocycles. The molecule has 0 saturated heterocycles. The molecule has 1 heterocycles.